The van der Waals surface area contributed by atoms with Crippen molar-refractivity contribution in [2.45, 2.75) is 6.10 Å². The van der Waals surface area contributed by atoms with Crippen LogP contribution in [0.4, 0.5) is 0 Å². The van der Waals surface area contributed by atoms with Gasteiger partial charge in [0.25, 0.3) is 0 Å². The van der Waals surface area contributed by atoms with E-state index in [1.54, 1.807) is 7.62 Å². The lowest BCUT2D eigenvalue weighted by molar-refractivity contribution is -0.535. The molecule has 0 unspecified atom stereocenters. The largest absolute Gasteiger partial charge is 0.748 e. The topological polar surface area (TPSA) is 13.1 Å². The van der Waals surface area contributed by atoms with Crippen molar-refractivity contribution in [1.29, 1.82) is 0 Å². The maximum atomic E-state index is 5.86. The van der Waals surface area contributed by atoms with E-state index in [2.05, 4.69) is 6.07 Å². The molecule has 0 N–H and O–H groups in total. The third-order valence-electron chi connectivity index (χ3n) is 2.67. The molecule has 0 aliphatic carbocycles. The Morgan fingerprint density at radius 3 is 2.75 bits per heavy atom. The molecule has 2 nitrogen and oxygen atoms in total. The van der Waals surface area contributed by atoms with Gasteiger partial charge in [0.15, 0.2) is 11.8 Å². The Labute approximate surface area is 99.7 Å². The molecule has 0 amide bonds. The zero-order valence-electron chi connectivity index (χ0n) is 8.51. The lowest BCUT2D eigenvalue weighted by atomic mass is 10.1. The standard InChI is InChI=1S/C12H9BClNO/c14-10-6-4-9(5-7-10)12-11-3-1-2-8-15(11)13-16-12/h1-8,12H/q+1/t12-/m0/s1. The van der Waals surface area contributed by atoms with E-state index < -0.39 is 0 Å². The Morgan fingerprint density at radius 2 is 1.94 bits per heavy atom. The molecule has 1 radical (unpaired) electrons. The Hall–Kier alpha value is -1.32. The Morgan fingerprint density at radius 1 is 1.12 bits per heavy atom. The second-order valence-electron chi connectivity index (χ2n) is 3.71. The fourth-order valence-electron chi connectivity index (χ4n) is 1.87. The first-order valence-corrected chi connectivity index (χ1v) is 5.47. The van der Waals surface area contributed by atoms with Crippen LogP contribution in [0.1, 0.15) is 17.4 Å². The van der Waals surface area contributed by atoms with Crippen molar-refractivity contribution in [1.82, 2.24) is 0 Å². The summed E-state index contributed by atoms with van der Waals surface area (Å²) in [5, 5.41) is 0.742. The summed E-state index contributed by atoms with van der Waals surface area (Å²) in [5.74, 6) is 0. The molecule has 4 heteroatoms. The fourth-order valence-corrected chi connectivity index (χ4v) is 2.00. The molecule has 0 spiro atoms. The Balaban J connectivity index is 2.01. The van der Waals surface area contributed by atoms with Crippen LogP contribution in [0.2, 0.25) is 5.02 Å². The van der Waals surface area contributed by atoms with Crippen LogP contribution in [0.5, 0.6) is 0 Å². The Bertz CT molecular complexity index is 515. The number of hydrogen-bond donors (Lipinski definition) is 0. The summed E-state index contributed by atoms with van der Waals surface area (Å²) in [5.41, 5.74) is 2.24. The van der Waals surface area contributed by atoms with Gasteiger partial charge in [-0.1, -0.05) is 29.8 Å². The number of nitrogens with zero attached hydrogens (tertiary/aromatic N) is 1. The van der Waals surface area contributed by atoms with Gasteiger partial charge in [0.1, 0.15) is 6.20 Å². The van der Waals surface area contributed by atoms with Crippen molar-refractivity contribution in [2.75, 3.05) is 0 Å². The summed E-state index contributed by atoms with van der Waals surface area (Å²) in [6.45, 7) is 0. The number of benzene rings is 1. The molecule has 3 rings (SSSR count). The molecule has 1 aliphatic rings. The number of rotatable bonds is 1. The van der Waals surface area contributed by atoms with E-state index in [1.807, 2.05) is 47.1 Å². The van der Waals surface area contributed by atoms with E-state index in [-0.39, 0.29) is 6.10 Å². The monoisotopic (exact) mass is 229 g/mol. The highest BCUT2D eigenvalue weighted by atomic mass is 35.5. The first kappa shape index (κ1) is 9.88. The highest BCUT2D eigenvalue weighted by Gasteiger charge is 2.35. The first-order valence-electron chi connectivity index (χ1n) is 5.09. The van der Waals surface area contributed by atoms with Gasteiger partial charge in [-0.2, -0.15) is 0 Å². The van der Waals surface area contributed by atoms with E-state index in [9.17, 15) is 0 Å². The summed E-state index contributed by atoms with van der Waals surface area (Å²) in [4.78, 5) is 0. The minimum Gasteiger partial charge on any atom is -0.355 e. The van der Waals surface area contributed by atoms with Crippen molar-refractivity contribution in [3.8, 4) is 0 Å². The quantitative estimate of drug-likeness (QED) is 0.683. The van der Waals surface area contributed by atoms with Crippen molar-refractivity contribution < 1.29 is 9.13 Å². The highest BCUT2D eigenvalue weighted by molar-refractivity contribution is 6.30. The molecule has 1 atom stereocenters. The second-order valence-corrected chi connectivity index (χ2v) is 4.14. The predicted octanol–water partition coefficient (Wildman–Crippen LogP) is 2.13. The predicted molar refractivity (Wildman–Crippen MR) is 62.2 cm³/mol. The van der Waals surface area contributed by atoms with E-state index >= 15 is 0 Å². The summed E-state index contributed by atoms with van der Waals surface area (Å²) in [6, 6.07) is 13.8. The molecule has 2 heterocycles. The van der Waals surface area contributed by atoms with Gasteiger partial charge in [-0.05, 0) is 23.8 Å². The Kier molecular flexibility index (Phi) is 2.42. The number of halogens is 1. The van der Waals surface area contributed by atoms with Crippen LogP contribution in [0.25, 0.3) is 0 Å². The number of fused-ring (bicyclic) bond motifs is 1. The van der Waals surface area contributed by atoms with Crippen LogP contribution >= 0.6 is 11.6 Å². The minimum atomic E-state index is -0.0292. The number of hydrogen-bond acceptors (Lipinski definition) is 1. The number of aromatic nitrogens is 1. The average molecular weight is 229 g/mol. The van der Waals surface area contributed by atoms with Crippen molar-refractivity contribution in [3.05, 3.63) is 64.9 Å². The van der Waals surface area contributed by atoms with E-state index in [0.29, 0.717) is 0 Å². The lowest BCUT2D eigenvalue weighted by Crippen LogP contribution is -2.38. The van der Waals surface area contributed by atoms with Crippen molar-refractivity contribution in [2.24, 2.45) is 0 Å². The third-order valence-corrected chi connectivity index (χ3v) is 2.93. The van der Waals surface area contributed by atoms with Crippen LogP contribution in [-0.2, 0) is 4.65 Å². The highest BCUT2D eigenvalue weighted by Crippen LogP contribution is 2.26. The first-order chi connectivity index (χ1) is 7.84. The molecule has 0 saturated heterocycles. The smallest absolute Gasteiger partial charge is 0.355 e. The van der Waals surface area contributed by atoms with E-state index in [1.165, 1.54) is 0 Å². The van der Waals surface area contributed by atoms with E-state index in [0.717, 1.165) is 16.3 Å². The van der Waals surface area contributed by atoms with Crippen LogP contribution in [0, 0.1) is 0 Å². The SMILES string of the molecule is Clc1ccc([C@@H]2O[B][n+]3ccccc32)cc1. The summed E-state index contributed by atoms with van der Waals surface area (Å²) in [7, 11) is 1.73. The average Bonchev–Trinajstić information content (AvgIpc) is 2.74. The summed E-state index contributed by atoms with van der Waals surface area (Å²) >= 11 is 5.86. The maximum Gasteiger partial charge on any atom is 0.748 e. The molecule has 0 bridgehead atoms. The zero-order chi connectivity index (χ0) is 11.0. The van der Waals surface area contributed by atoms with Crippen LogP contribution in [0.15, 0.2) is 48.7 Å². The van der Waals surface area contributed by atoms with Crippen LogP contribution in [0.3, 0.4) is 0 Å². The molecule has 1 aromatic carbocycles. The van der Waals surface area contributed by atoms with Crippen molar-refractivity contribution >= 4 is 19.2 Å². The van der Waals surface area contributed by atoms with Gasteiger partial charge in [-0.15, -0.1) is 0 Å². The maximum absolute atomic E-state index is 5.86. The molecule has 1 aromatic heterocycles. The molecule has 0 fully saturated rings. The molecular formula is C12H9BClNO+. The molecule has 16 heavy (non-hydrogen) atoms. The molecular weight excluding hydrogens is 220 g/mol. The fraction of sp³-hybridized carbons (Fsp3) is 0.0833. The van der Waals surface area contributed by atoms with Gasteiger partial charge >= 0.3 is 7.62 Å². The van der Waals surface area contributed by atoms with Crippen LogP contribution < -0.4 is 4.48 Å². The van der Waals surface area contributed by atoms with Gasteiger partial charge < -0.3 is 4.65 Å². The van der Waals surface area contributed by atoms with Crippen LogP contribution in [-0.4, -0.2) is 7.62 Å². The molecule has 1 aliphatic heterocycles. The number of pyridine rings is 1. The second kappa shape index (κ2) is 3.93. The zero-order valence-corrected chi connectivity index (χ0v) is 9.26. The van der Waals surface area contributed by atoms with Gasteiger partial charge in [-0.25, -0.2) is 0 Å². The van der Waals surface area contributed by atoms with Gasteiger partial charge in [0, 0.05) is 11.1 Å². The van der Waals surface area contributed by atoms with Gasteiger partial charge in [-0.3, -0.25) is 4.48 Å². The normalized spacial score (nSPS) is 17.9. The molecule has 0 saturated carbocycles. The molecule has 77 valence electrons. The van der Waals surface area contributed by atoms with Gasteiger partial charge in [0.2, 0.25) is 0 Å². The lowest BCUT2D eigenvalue weighted by Gasteiger charge is -2.06. The van der Waals surface area contributed by atoms with E-state index in [4.69, 9.17) is 16.3 Å². The minimum absolute atomic E-state index is 0.0292. The summed E-state index contributed by atoms with van der Waals surface area (Å²) in [6.07, 6.45) is 1.95. The summed E-state index contributed by atoms with van der Waals surface area (Å²) < 4.78 is 7.63. The van der Waals surface area contributed by atoms with Gasteiger partial charge in [0.05, 0.1) is 0 Å². The van der Waals surface area contributed by atoms with Crippen molar-refractivity contribution in [3.63, 3.8) is 0 Å². The third kappa shape index (κ3) is 1.62. The molecule has 2 aromatic rings.